The van der Waals surface area contributed by atoms with Crippen molar-refractivity contribution < 1.29 is 13.9 Å². The van der Waals surface area contributed by atoms with Gasteiger partial charge in [0.25, 0.3) is 0 Å². The van der Waals surface area contributed by atoms with E-state index < -0.39 is 0 Å². The van der Waals surface area contributed by atoms with E-state index in [2.05, 4.69) is 15.2 Å². The lowest BCUT2D eigenvalue weighted by Crippen LogP contribution is -2.02. The van der Waals surface area contributed by atoms with E-state index in [4.69, 9.17) is 4.74 Å². The highest BCUT2D eigenvalue weighted by Gasteiger charge is 2.14. The van der Waals surface area contributed by atoms with Crippen LogP contribution in [0.15, 0.2) is 65.7 Å². The van der Waals surface area contributed by atoms with E-state index in [1.165, 1.54) is 36.0 Å². The molecule has 4 rings (SSSR count). The molecule has 0 radical (unpaired) electrons. The molecule has 0 unspecified atom stereocenters. The molecule has 0 aliphatic rings. The van der Waals surface area contributed by atoms with Gasteiger partial charge in [0.2, 0.25) is 0 Å². The Hall–Kier alpha value is -3.10. The highest BCUT2D eigenvalue weighted by atomic mass is 32.2. The second-order valence-corrected chi connectivity index (χ2v) is 8.64. The summed E-state index contributed by atoms with van der Waals surface area (Å²) in [6.45, 7) is 1.95. The van der Waals surface area contributed by atoms with Crippen LogP contribution in [0.4, 0.5) is 4.39 Å². The number of nitrogens with zero attached hydrogens (tertiary/aromatic N) is 3. The van der Waals surface area contributed by atoms with Crippen LogP contribution in [0.2, 0.25) is 0 Å². The summed E-state index contributed by atoms with van der Waals surface area (Å²) in [5.41, 5.74) is 3.07. The average Bonchev–Trinajstić information content (AvgIpc) is 3.20. The van der Waals surface area contributed by atoms with Gasteiger partial charge in [-0.05, 0) is 55.5 Å². The van der Waals surface area contributed by atoms with Gasteiger partial charge >= 0.3 is 0 Å². The highest BCUT2D eigenvalue weighted by molar-refractivity contribution is 7.99. The molecule has 2 aromatic heterocycles. The third-order valence-corrected chi connectivity index (χ3v) is 6.65. The van der Waals surface area contributed by atoms with E-state index in [1.807, 2.05) is 43.3 Å². The lowest BCUT2D eigenvalue weighted by molar-refractivity contribution is 0.102. The van der Waals surface area contributed by atoms with Gasteiger partial charge in [-0.2, -0.15) is 0 Å². The van der Waals surface area contributed by atoms with Crippen LogP contribution < -0.4 is 4.74 Å². The number of halogens is 1. The second-order valence-electron chi connectivity index (χ2n) is 6.64. The molecule has 4 aromatic rings. The van der Waals surface area contributed by atoms with Gasteiger partial charge in [0, 0.05) is 11.1 Å². The number of aryl methyl sites for hydroxylation is 1. The van der Waals surface area contributed by atoms with Crippen LogP contribution in [0.1, 0.15) is 16.1 Å². The predicted molar refractivity (Wildman–Crippen MR) is 121 cm³/mol. The Morgan fingerprint density at radius 1 is 1.10 bits per heavy atom. The standard InChI is InChI=1S/C23H18FN3O2S2/c1-14-22(31-23(25-14)16-4-3-5-18(12-16)29-2)19-10-11-21(27-26-19)30-13-20(28)15-6-8-17(24)9-7-15/h3-12H,13H2,1-2H3. The fourth-order valence-corrected chi connectivity index (χ4v) is 4.63. The van der Waals surface area contributed by atoms with Crippen molar-refractivity contribution in [1.29, 1.82) is 0 Å². The number of benzene rings is 2. The minimum absolute atomic E-state index is 0.0860. The zero-order chi connectivity index (χ0) is 21.8. The van der Waals surface area contributed by atoms with Gasteiger partial charge < -0.3 is 4.74 Å². The molecule has 31 heavy (non-hydrogen) atoms. The lowest BCUT2D eigenvalue weighted by Gasteiger charge is -2.02. The maximum Gasteiger partial charge on any atom is 0.173 e. The molecule has 0 spiro atoms. The van der Waals surface area contributed by atoms with Crippen LogP contribution in [0.25, 0.3) is 21.1 Å². The Kier molecular flexibility index (Phi) is 6.39. The van der Waals surface area contributed by atoms with Crippen LogP contribution in [0, 0.1) is 12.7 Å². The molecule has 0 N–H and O–H groups in total. The molecule has 2 heterocycles. The van der Waals surface area contributed by atoms with Crippen molar-refractivity contribution in [3.8, 4) is 26.9 Å². The van der Waals surface area contributed by atoms with Gasteiger partial charge in [0.1, 0.15) is 27.3 Å². The number of methoxy groups -OCH3 is 1. The molecule has 8 heteroatoms. The number of ketones is 1. The Morgan fingerprint density at radius 2 is 1.90 bits per heavy atom. The second kappa shape index (κ2) is 9.36. The SMILES string of the molecule is COc1cccc(-c2nc(C)c(-c3ccc(SCC(=O)c4ccc(F)cc4)nn3)s2)c1. The molecule has 0 amide bonds. The van der Waals surface area contributed by atoms with Crippen molar-refractivity contribution in [2.24, 2.45) is 0 Å². The number of carbonyl (C=O) groups excluding carboxylic acids is 1. The fraction of sp³-hybridized carbons (Fsp3) is 0.130. The van der Waals surface area contributed by atoms with Gasteiger partial charge in [-0.1, -0.05) is 23.9 Å². The molecular weight excluding hydrogens is 433 g/mol. The smallest absolute Gasteiger partial charge is 0.173 e. The number of hydrogen-bond acceptors (Lipinski definition) is 7. The summed E-state index contributed by atoms with van der Waals surface area (Å²) in [6.07, 6.45) is 0. The Morgan fingerprint density at radius 3 is 2.61 bits per heavy atom. The summed E-state index contributed by atoms with van der Waals surface area (Å²) in [5, 5.41) is 10.1. The summed E-state index contributed by atoms with van der Waals surface area (Å²) in [5.74, 6) is 0.540. The zero-order valence-corrected chi connectivity index (χ0v) is 18.5. The first kappa shape index (κ1) is 21.1. The number of ether oxygens (including phenoxy) is 1. The highest BCUT2D eigenvalue weighted by Crippen LogP contribution is 2.35. The number of thioether (sulfide) groups is 1. The molecule has 156 valence electrons. The monoisotopic (exact) mass is 451 g/mol. The molecular formula is C23H18FN3O2S2. The number of rotatable bonds is 7. The summed E-state index contributed by atoms with van der Waals surface area (Å²) < 4.78 is 18.3. The van der Waals surface area contributed by atoms with E-state index in [1.54, 1.807) is 18.4 Å². The van der Waals surface area contributed by atoms with Crippen LogP contribution in [0.5, 0.6) is 5.75 Å². The minimum Gasteiger partial charge on any atom is -0.497 e. The Bertz CT molecular complexity index is 1210. The summed E-state index contributed by atoms with van der Waals surface area (Å²) in [6, 6.07) is 17.0. The van der Waals surface area contributed by atoms with Gasteiger partial charge in [-0.15, -0.1) is 21.5 Å². The molecule has 0 aliphatic carbocycles. The molecule has 2 aromatic carbocycles. The van der Waals surface area contributed by atoms with Gasteiger partial charge in [-0.25, -0.2) is 9.37 Å². The number of hydrogen-bond donors (Lipinski definition) is 0. The largest absolute Gasteiger partial charge is 0.497 e. The lowest BCUT2D eigenvalue weighted by atomic mass is 10.1. The summed E-state index contributed by atoms with van der Waals surface area (Å²) in [7, 11) is 1.64. The van der Waals surface area contributed by atoms with E-state index in [-0.39, 0.29) is 17.4 Å². The maximum atomic E-state index is 13.0. The third kappa shape index (κ3) is 4.98. The molecule has 5 nitrogen and oxygen atoms in total. The number of thiazole rings is 1. The van der Waals surface area contributed by atoms with Crippen molar-refractivity contribution >= 4 is 28.9 Å². The molecule has 0 saturated heterocycles. The fourth-order valence-electron chi connectivity index (χ4n) is 2.89. The van der Waals surface area contributed by atoms with Crippen molar-refractivity contribution in [2.75, 3.05) is 12.9 Å². The van der Waals surface area contributed by atoms with Gasteiger partial charge in [0.05, 0.1) is 23.4 Å². The molecule has 0 fully saturated rings. The Balaban J connectivity index is 1.46. The van der Waals surface area contributed by atoms with E-state index in [0.29, 0.717) is 10.6 Å². The van der Waals surface area contributed by atoms with Crippen molar-refractivity contribution in [2.45, 2.75) is 11.9 Å². The first-order valence-electron chi connectivity index (χ1n) is 9.41. The average molecular weight is 452 g/mol. The predicted octanol–water partition coefficient (Wildman–Crippen LogP) is 5.70. The van der Waals surface area contributed by atoms with Crippen LogP contribution >= 0.6 is 23.1 Å². The molecule has 0 atom stereocenters. The van der Waals surface area contributed by atoms with E-state index >= 15 is 0 Å². The van der Waals surface area contributed by atoms with Crippen LogP contribution in [0.3, 0.4) is 0 Å². The van der Waals surface area contributed by atoms with Crippen molar-refractivity contribution in [1.82, 2.24) is 15.2 Å². The topological polar surface area (TPSA) is 65.0 Å². The zero-order valence-electron chi connectivity index (χ0n) is 16.8. The quantitative estimate of drug-likeness (QED) is 0.265. The number of aromatic nitrogens is 3. The molecule has 0 bridgehead atoms. The van der Waals surface area contributed by atoms with Gasteiger partial charge in [0.15, 0.2) is 5.78 Å². The van der Waals surface area contributed by atoms with Crippen molar-refractivity contribution in [3.63, 3.8) is 0 Å². The normalized spacial score (nSPS) is 10.8. The van der Waals surface area contributed by atoms with E-state index in [0.717, 1.165) is 32.6 Å². The van der Waals surface area contributed by atoms with Crippen LogP contribution in [-0.4, -0.2) is 33.8 Å². The molecule has 0 aliphatic heterocycles. The third-order valence-electron chi connectivity index (χ3n) is 4.50. The van der Waals surface area contributed by atoms with E-state index in [9.17, 15) is 9.18 Å². The Labute approximate surface area is 187 Å². The van der Waals surface area contributed by atoms with Crippen LogP contribution in [-0.2, 0) is 0 Å². The first-order valence-corrected chi connectivity index (χ1v) is 11.2. The number of Topliss-reactive ketones (excluding diaryl/α,β-unsaturated/α-hetero) is 1. The maximum absolute atomic E-state index is 13.0. The summed E-state index contributed by atoms with van der Waals surface area (Å²) >= 11 is 2.85. The summed E-state index contributed by atoms with van der Waals surface area (Å²) in [4.78, 5) is 17.9. The van der Waals surface area contributed by atoms with Gasteiger partial charge in [-0.3, -0.25) is 4.79 Å². The minimum atomic E-state index is -0.362. The molecule has 0 saturated carbocycles. The van der Waals surface area contributed by atoms with Crippen molar-refractivity contribution in [3.05, 3.63) is 77.7 Å². The first-order chi connectivity index (χ1) is 15.0. The number of carbonyl (C=O) groups is 1.